The number of hydrogen-bond donors (Lipinski definition) is 1. The number of anilines is 1. The van der Waals surface area contributed by atoms with Crippen molar-refractivity contribution in [3.63, 3.8) is 0 Å². The smallest absolute Gasteiger partial charge is 0.350 e. The highest BCUT2D eigenvalue weighted by molar-refractivity contribution is 7.17. The second-order valence-electron chi connectivity index (χ2n) is 7.66. The van der Waals surface area contributed by atoms with E-state index in [-0.39, 0.29) is 44.7 Å². The molecule has 4 rings (SSSR count). The van der Waals surface area contributed by atoms with E-state index in [1.54, 1.807) is 6.92 Å². The third-order valence-electron chi connectivity index (χ3n) is 5.41. The molecule has 0 radical (unpaired) electrons. The number of halogens is 1. The van der Waals surface area contributed by atoms with Crippen LogP contribution in [0.4, 0.5) is 15.2 Å². The SMILES string of the molecule is CCOC(=O)c1sc(N2C(=O)C(=O)/C(=C(/O)c3ccc(F)cc3)[C@@H]2c2cccc([N+](=O)[O-])c2)nc1C. The Morgan fingerprint density at radius 3 is 2.58 bits per heavy atom. The summed E-state index contributed by atoms with van der Waals surface area (Å²) >= 11 is 0.811. The molecule has 3 aromatic rings. The molecule has 1 atom stereocenters. The average molecular weight is 511 g/mol. The van der Waals surface area contributed by atoms with E-state index in [1.807, 2.05) is 0 Å². The molecule has 184 valence electrons. The van der Waals surface area contributed by atoms with Crippen LogP contribution < -0.4 is 4.90 Å². The number of nitrogens with zero attached hydrogens (tertiary/aromatic N) is 3. The molecule has 1 amide bonds. The Hall–Kier alpha value is -4.45. The van der Waals surface area contributed by atoms with Crippen LogP contribution in [-0.4, -0.2) is 39.3 Å². The number of Topliss-reactive ketones (excluding diaryl/α,β-unsaturated/α-hetero) is 1. The van der Waals surface area contributed by atoms with Crippen molar-refractivity contribution in [3.8, 4) is 0 Å². The summed E-state index contributed by atoms with van der Waals surface area (Å²) in [6.45, 7) is 3.27. The van der Waals surface area contributed by atoms with E-state index in [4.69, 9.17) is 4.74 Å². The van der Waals surface area contributed by atoms with Gasteiger partial charge in [0.15, 0.2) is 5.13 Å². The van der Waals surface area contributed by atoms with Crippen LogP contribution in [0.25, 0.3) is 5.76 Å². The van der Waals surface area contributed by atoms with Crippen molar-refractivity contribution in [3.05, 3.63) is 91.7 Å². The molecule has 2 aromatic carbocycles. The number of hydrogen-bond acceptors (Lipinski definition) is 9. The monoisotopic (exact) mass is 511 g/mol. The molecule has 36 heavy (non-hydrogen) atoms. The number of aromatic nitrogens is 1. The highest BCUT2D eigenvalue weighted by atomic mass is 32.1. The lowest BCUT2D eigenvalue weighted by molar-refractivity contribution is -0.384. The van der Waals surface area contributed by atoms with Crippen LogP contribution in [0.1, 0.15) is 39.5 Å². The molecule has 1 N–H and O–H groups in total. The zero-order valence-electron chi connectivity index (χ0n) is 18.9. The van der Waals surface area contributed by atoms with Gasteiger partial charge in [-0.05, 0) is 43.7 Å². The Balaban J connectivity index is 1.94. The van der Waals surface area contributed by atoms with Crippen LogP contribution in [-0.2, 0) is 14.3 Å². The van der Waals surface area contributed by atoms with Crippen LogP contribution in [0.2, 0.25) is 0 Å². The number of aryl methyl sites for hydroxylation is 1. The summed E-state index contributed by atoms with van der Waals surface area (Å²) in [5.41, 5.74) is -0.198. The van der Waals surface area contributed by atoms with Gasteiger partial charge in [0, 0.05) is 17.7 Å². The molecule has 1 saturated heterocycles. The molecule has 0 aliphatic carbocycles. The lowest BCUT2D eigenvalue weighted by Gasteiger charge is -2.22. The first kappa shape index (κ1) is 24.7. The van der Waals surface area contributed by atoms with E-state index < -0.39 is 40.2 Å². The number of ether oxygens (including phenoxy) is 1. The summed E-state index contributed by atoms with van der Waals surface area (Å²) in [6, 6.07) is 8.55. The molecule has 1 aliphatic rings. The van der Waals surface area contributed by atoms with Crippen molar-refractivity contribution < 1.29 is 33.5 Å². The number of carbonyl (C=O) groups excluding carboxylic acids is 3. The second kappa shape index (κ2) is 9.66. The zero-order chi connectivity index (χ0) is 26.1. The zero-order valence-corrected chi connectivity index (χ0v) is 19.7. The van der Waals surface area contributed by atoms with E-state index in [0.717, 1.165) is 28.4 Å². The van der Waals surface area contributed by atoms with Crippen LogP contribution in [0.5, 0.6) is 0 Å². The minimum Gasteiger partial charge on any atom is -0.507 e. The van der Waals surface area contributed by atoms with Crippen LogP contribution >= 0.6 is 11.3 Å². The number of thiazole rings is 1. The fraction of sp³-hybridized carbons (Fsp3) is 0.167. The molecule has 1 aliphatic heterocycles. The highest BCUT2D eigenvalue weighted by Crippen LogP contribution is 2.44. The molecule has 1 fully saturated rings. The Morgan fingerprint density at radius 1 is 1.25 bits per heavy atom. The Kier molecular flexibility index (Phi) is 6.62. The van der Waals surface area contributed by atoms with Crippen molar-refractivity contribution in [2.24, 2.45) is 0 Å². The van der Waals surface area contributed by atoms with E-state index in [0.29, 0.717) is 0 Å². The lowest BCUT2D eigenvalue weighted by atomic mass is 9.95. The normalized spacial score (nSPS) is 16.9. The Morgan fingerprint density at radius 2 is 1.94 bits per heavy atom. The predicted octanol–water partition coefficient (Wildman–Crippen LogP) is 4.30. The van der Waals surface area contributed by atoms with Gasteiger partial charge in [-0.15, -0.1) is 0 Å². The largest absolute Gasteiger partial charge is 0.507 e. The van der Waals surface area contributed by atoms with Gasteiger partial charge >= 0.3 is 11.9 Å². The Labute approximate surface area is 207 Å². The summed E-state index contributed by atoms with van der Waals surface area (Å²) in [5.74, 6) is -3.95. The van der Waals surface area contributed by atoms with Crippen molar-refractivity contribution in [2.75, 3.05) is 11.5 Å². The fourth-order valence-electron chi connectivity index (χ4n) is 3.79. The van der Waals surface area contributed by atoms with Crippen LogP contribution in [0.15, 0.2) is 54.1 Å². The number of nitro groups is 1. The standard InChI is InChI=1S/C24H18FN3O7S/c1-3-35-23(32)21-12(2)26-24(36-21)27-18(14-5-4-6-16(11-14)28(33)34)17(20(30)22(27)31)19(29)13-7-9-15(25)10-8-13/h4-11,18,29H,3H2,1-2H3/b19-17+/t18-/m0/s1. The molecule has 0 bridgehead atoms. The van der Waals surface area contributed by atoms with Gasteiger partial charge in [-0.1, -0.05) is 23.5 Å². The van der Waals surface area contributed by atoms with Crippen molar-refractivity contribution >= 4 is 45.6 Å². The summed E-state index contributed by atoms with van der Waals surface area (Å²) in [6.07, 6.45) is 0. The number of aliphatic hydroxyl groups excluding tert-OH is 1. The second-order valence-corrected chi connectivity index (χ2v) is 8.64. The Bertz CT molecular complexity index is 1430. The maximum atomic E-state index is 13.4. The number of aliphatic hydroxyl groups is 1. The first-order chi connectivity index (χ1) is 17.1. The number of carbonyl (C=O) groups is 3. The minimum absolute atomic E-state index is 0.0349. The predicted molar refractivity (Wildman–Crippen MR) is 127 cm³/mol. The fourth-order valence-corrected chi connectivity index (χ4v) is 4.78. The molecule has 0 spiro atoms. The van der Waals surface area contributed by atoms with Crippen molar-refractivity contribution in [1.29, 1.82) is 0 Å². The van der Waals surface area contributed by atoms with Gasteiger partial charge in [0.25, 0.3) is 11.5 Å². The number of ketones is 1. The number of rotatable bonds is 6. The average Bonchev–Trinajstić information content (AvgIpc) is 3.36. The first-order valence-corrected chi connectivity index (χ1v) is 11.4. The topological polar surface area (TPSA) is 140 Å². The molecule has 1 aromatic heterocycles. The van der Waals surface area contributed by atoms with E-state index in [2.05, 4.69) is 4.98 Å². The molecule has 0 unspecified atom stereocenters. The summed E-state index contributed by atoms with van der Waals surface area (Å²) < 4.78 is 18.5. The quantitative estimate of drug-likeness (QED) is 0.129. The van der Waals surface area contributed by atoms with E-state index >= 15 is 0 Å². The highest BCUT2D eigenvalue weighted by Gasteiger charge is 2.48. The maximum absolute atomic E-state index is 13.4. The molecular formula is C24H18FN3O7S. The molecule has 12 heteroatoms. The molecule has 0 saturated carbocycles. The van der Waals surface area contributed by atoms with E-state index in [1.165, 1.54) is 43.3 Å². The number of esters is 1. The van der Waals surface area contributed by atoms with Crippen molar-refractivity contribution in [2.45, 2.75) is 19.9 Å². The van der Waals surface area contributed by atoms with Gasteiger partial charge in [0.1, 0.15) is 16.5 Å². The molecular weight excluding hydrogens is 493 g/mol. The minimum atomic E-state index is -1.31. The van der Waals surface area contributed by atoms with Crippen LogP contribution in [0.3, 0.4) is 0 Å². The first-order valence-electron chi connectivity index (χ1n) is 10.6. The van der Waals surface area contributed by atoms with Crippen LogP contribution in [0, 0.1) is 22.9 Å². The van der Waals surface area contributed by atoms with Crippen molar-refractivity contribution in [1.82, 2.24) is 4.98 Å². The van der Waals surface area contributed by atoms with Gasteiger partial charge in [0.2, 0.25) is 0 Å². The van der Waals surface area contributed by atoms with Gasteiger partial charge in [-0.25, -0.2) is 14.2 Å². The van der Waals surface area contributed by atoms with Gasteiger partial charge in [0.05, 0.1) is 28.8 Å². The van der Waals surface area contributed by atoms with E-state index in [9.17, 15) is 34.0 Å². The van der Waals surface area contributed by atoms with Gasteiger partial charge in [-0.2, -0.15) is 0 Å². The summed E-state index contributed by atoms with van der Waals surface area (Å²) in [4.78, 5) is 54.8. The lowest BCUT2D eigenvalue weighted by Crippen LogP contribution is -2.29. The summed E-state index contributed by atoms with van der Waals surface area (Å²) in [5, 5.41) is 22.4. The molecule has 2 heterocycles. The number of amides is 1. The number of nitro benzene ring substituents is 1. The van der Waals surface area contributed by atoms with Gasteiger partial charge < -0.3 is 9.84 Å². The maximum Gasteiger partial charge on any atom is 0.350 e. The molecule has 10 nitrogen and oxygen atoms in total. The third kappa shape index (κ3) is 4.33. The number of benzene rings is 2. The summed E-state index contributed by atoms with van der Waals surface area (Å²) in [7, 11) is 0. The van der Waals surface area contributed by atoms with Gasteiger partial charge in [-0.3, -0.25) is 24.6 Å². The number of non-ortho nitro benzene ring substituents is 1. The third-order valence-corrected chi connectivity index (χ3v) is 6.55.